The van der Waals surface area contributed by atoms with E-state index in [1.54, 1.807) is 36.5 Å². The van der Waals surface area contributed by atoms with Crippen LogP contribution < -0.4 is 10.1 Å². The van der Waals surface area contributed by atoms with Gasteiger partial charge in [-0.05, 0) is 41.6 Å². The van der Waals surface area contributed by atoms with Crippen molar-refractivity contribution in [2.45, 2.75) is 0 Å². The van der Waals surface area contributed by atoms with Crippen LogP contribution in [0.3, 0.4) is 0 Å². The molecular weight excluding hydrogens is 348 g/mol. The van der Waals surface area contributed by atoms with Gasteiger partial charge in [0.25, 0.3) is 5.91 Å². The third kappa shape index (κ3) is 3.90. The molecule has 10 nitrogen and oxygen atoms in total. The van der Waals surface area contributed by atoms with Crippen molar-refractivity contribution in [2.75, 3.05) is 5.32 Å². The lowest BCUT2D eigenvalue weighted by atomic mass is 10.2. The molecule has 0 saturated carbocycles. The monoisotopic (exact) mass is 360 g/mol. The number of rotatable bonds is 5. The lowest BCUT2D eigenvalue weighted by molar-refractivity contribution is 0.102. The van der Waals surface area contributed by atoms with E-state index in [-0.39, 0.29) is 11.9 Å². The van der Waals surface area contributed by atoms with Crippen molar-refractivity contribution >= 4 is 11.6 Å². The Hall–Kier alpha value is -4.21. The predicted octanol–water partition coefficient (Wildman–Crippen LogP) is 2.10. The SMILES string of the molecule is O=C(Nc1ccc(Oc2nn[nH]n2)cc1)c1cnc(-c2ccccn2)nc1. The maximum atomic E-state index is 12.3. The number of hydrogen-bond donors (Lipinski definition) is 2. The zero-order valence-electron chi connectivity index (χ0n) is 13.8. The molecule has 0 radical (unpaired) electrons. The number of benzene rings is 1. The summed E-state index contributed by atoms with van der Waals surface area (Å²) in [7, 11) is 0. The van der Waals surface area contributed by atoms with E-state index in [1.807, 2.05) is 12.1 Å². The molecule has 2 N–H and O–H groups in total. The van der Waals surface area contributed by atoms with Gasteiger partial charge in [-0.1, -0.05) is 16.3 Å². The number of hydrogen-bond acceptors (Lipinski definition) is 8. The summed E-state index contributed by atoms with van der Waals surface area (Å²) in [5.74, 6) is 0.641. The number of anilines is 1. The van der Waals surface area contributed by atoms with Crippen molar-refractivity contribution in [1.82, 2.24) is 35.6 Å². The first kappa shape index (κ1) is 16.3. The number of aromatic nitrogens is 7. The van der Waals surface area contributed by atoms with Gasteiger partial charge in [0.2, 0.25) is 0 Å². The highest BCUT2D eigenvalue weighted by Gasteiger charge is 2.09. The summed E-state index contributed by atoms with van der Waals surface area (Å²) >= 11 is 0. The molecule has 1 amide bonds. The smallest absolute Gasteiger partial charge is 0.361 e. The number of tetrazole rings is 1. The van der Waals surface area contributed by atoms with Gasteiger partial charge in [-0.2, -0.15) is 5.21 Å². The average Bonchev–Trinajstić information content (AvgIpc) is 3.23. The highest BCUT2D eigenvalue weighted by atomic mass is 16.5. The van der Waals surface area contributed by atoms with Crippen LogP contribution in [0.5, 0.6) is 11.8 Å². The molecule has 27 heavy (non-hydrogen) atoms. The molecular formula is C17H12N8O2. The summed E-state index contributed by atoms with van der Waals surface area (Å²) in [5.41, 5.74) is 1.57. The van der Waals surface area contributed by atoms with Crippen molar-refractivity contribution < 1.29 is 9.53 Å². The number of carbonyl (C=O) groups is 1. The molecule has 1 aromatic carbocycles. The Labute approximate surface area is 152 Å². The summed E-state index contributed by atoms with van der Waals surface area (Å²) in [4.78, 5) is 24.9. The molecule has 0 atom stereocenters. The Morgan fingerprint density at radius 1 is 1.00 bits per heavy atom. The van der Waals surface area contributed by atoms with Gasteiger partial charge in [0.15, 0.2) is 5.82 Å². The van der Waals surface area contributed by atoms with Crippen molar-refractivity contribution in [3.63, 3.8) is 0 Å². The maximum Gasteiger partial charge on any atom is 0.361 e. The number of amides is 1. The summed E-state index contributed by atoms with van der Waals surface area (Å²) in [6.07, 6.45) is 4.57. The minimum Gasteiger partial charge on any atom is -0.422 e. The molecule has 0 saturated heterocycles. The fraction of sp³-hybridized carbons (Fsp3) is 0. The van der Waals surface area contributed by atoms with E-state index >= 15 is 0 Å². The van der Waals surface area contributed by atoms with Crippen LogP contribution in [0.4, 0.5) is 5.69 Å². The highest BCUT2D eigenvalue weighted by Crippen LogP contribution is 2.20. The van der Waals surface area contributed by atoms with Gasteiger partial charge in [0, 0.05) is 24.3 Å². The van der Waals surface area contributed by atoms with Crippen LogP contribution in [0.2, 0.25) is 0 Å². The second-order valence-corrected chi connectivity index (χ2v) is 5.29. The average molecular weight is 360 g/mol. The van der Waals surface area contributed by atoms with Crippen LogP contribution >= 0.6 is 0 Å². The topological polar surface area (TPSA) is 131 Å². The molecule has 0 aliphatic carbocycles. The molecule has 0 aliphatic rings. The normalized spacial score (nSPS) is 10.4. The van der Waals surface area contributed by atoms with Crippen LogP contribution in [0.15, 0.2) is 61.1 Å². The summed E-state index contributed by atoms with van der Waals surface area (Å²) < 4.78 is 5.36. The number of aromatic amines is 1. The molecule has 0 bridgehead atoms. The van der Waals surface area contributed by atoms with Gasteiger partial charge in [-0.3, -0.25) is 9.78 Å². The van der Waals surface area contributed by atoms with E-state index in [0.29, 0.717) is 28.5 Å². The first-order valence-corrected chi connectivity index (χ1v) is 7.84. The number of pyridine rings is 1. The van der Waals surface area contributed by atoms with Crippen LogP contribution in [-0.4, -0.2) is 41.5 Å². The number of nitrogens with one attached hydrogen (secondary N) is 2. The van der Waals surface area contributed by atoms with Gasteiger partial charge in [0.05, 0.1) is 5.56 Å². The molecule has 4 aromatic rings. The molecule has 0 aliphatic heterocycles. The van der Waals surface area contributed by atoms with E-state index in [9.17, 15) is 4.79 Å². The maximum absolute atomic E-state index is 12.3. The van der Waals surface area contributed by atoms with Gasteiger partial charge >= 0.3 is 6.01 Å². The number of ether oxygens (including phenoxy) is 1. The van der Waals surface area contributed by atoms with Crippen LogP contribution in [0.25, 0.3) is 11.5 Å². The first-order chi connectivity index (χ1) is 13.3. The zero-order chi connectivity index (χ0) is 18.5. The molecule has 0 fully saturated rings. The summed E-state index contributed by atoms with van der Waals surface area (Å²) in [6, 6.07) is 12.3. The molecule has 3 aromatic heterocycles. The second kappa shape index (κ2) is 7.35. The molecule has 3 heterocycles. The Bertz CT molecular complexity index is 1020. The quantitative estimate of drug-likeness (QED) is 0.553. The molecule has 10 heteroatoms. The Morgan fingerprint density at radius 2 is 1.81 bits per heavy atom. The largest absolute Gasteiger partial charge is 0.422 e. The molecule has 132 valence electrons. The number of H-pyrrole nitrogens is 1. The fourth-order valence-electron chi connectivity index (χ4n) is 2.18. The van der Waals surface area contributed by atoms with E-state index < -0.39 is 0 Å². The first-order valence-electron chi connectivity index (χ1n) is 7.84. The zero-order valence-corrected chi connectivity index (χ0v) is 13.8. The van der Waals surface area contributed by atoms with Crippen molar-refractivity contribution in [3.05, 3.63) is 66.6 Å². The number of nitrogens with zero attached hydrogens (tertiary/aromatic N) is 6. The van der Waals surface area contributed by atoms with E-state index in [4.69, 9.17) is 4.74 Å². The van der Waals surface area contributed by atoms with Crippen molar-refractivity contribution in [2.24, 2.45) is 0 Å². The van der Waals surface area contributed by atoms with Gasteiger partial charge < -0.3 is 10.1 Å². The fourth-order valence-corrected chi connectivity index (χ4v) is 2.18. The molecule has 0 unspecified atom stereocenters. The highest BCUT2D eigenvalue weighted by molar-refractivity contribution is 6.03. The van der Waals surface area contributed by atoms with Gasteiger partial charge in [0.1, 0.15) is 11.4 Å². The van der Waals surface area contributed by atoms with Crippen LogP contribution in [-0.2, 0) is 0 Å². The molecule has 0 spiro atoms. The van der Waals surface area contributed by atoms with Crippen molar-refractivity contribution in [1.29, 1.82) is 0 Å². The molecule has 4 rings (SSSR count). The Balaban J connectivity index is 1.41. The van der Waals surface area contributed by atoms with E-state index in [2.05, 4.69) is 40.9 Å². The lowest BCUT2D eigenvalue weighted by Crippen LogP contribution is -2.12. The minimum atomic E-state index is -0.325. The van der Waals surface area contributed by atoms with Crippen LogP contribution in [0, 0.1) is 0 Å². The third-order valence-corrected chi connectivity index (χ3v) is 3.46. The van der Waals surface area contributed by atoms with E-state index in [1.165, 1.54) is 12.4 Å². The number of carbonyl (C=O) groups excluding carboxylic acids is 1. The Kier molecular flexibility index (Phi) is 4.43. The summed E-state index contributed by atoms with van der Waals surface area (Å²) in [5, 5.41) is 15.8. The standard InChI is InChI=1S/C17H12N8O2/c26-16(11-9-19-15(20-10-11)14-3-1-2-8-18-14)21-12-4-6-13(7-5-12)27-17-22-24-25-23-17/h1-10H,(H,21,26)(H,22,23,24,25). The summed E-state index contributed by atoms with van der Waals surface area (Å²) in [6.45, 7) is 0. The predicted molar refractivity (Wildman–Crippen MR) is 93.9 cm³/mol. The minimum absolute atomic E-state index is 0.108. The third-order valence-electron chi connectivity index (χ3n) is 3.46. The van der Waals surface area contributed by atoms with Crippen molar-refractivity contribution in [3.8, 4) is 23.3 Å². The van der Waals surface area contributed by atoms with Gasteiger partial charge in [-0.15, -0.1) is 0 Å². The Morgan fingerprint density at radius 3 is 2.48 bits per heavy atom. The second-order valence-electron chi connectivity index (χ2n) is 5.29. The van der Waals surface area contributed by atoms with Crippen LogP contribution in [0.1, 0.15) is 10.4 Å². The van der Waals surface area contributed by atoms with Gasteiger partial charge in [-0.25, -0.2) is 9.97 Å². The van der Waals surface area contributed by atoms with E-state index in [0.717, 1.165) is 0 Å². The lowest BCUT2D eigenvalue weighted by Gasteiger charge is -2.06.